The van der Waals surface area contributed by atoms with Crippen LogP contribution in [0.3, 0.4) is 0 Å². The highest BCUT2D eigenvalue weighted by Gasteiger charge is 2.39. The lowest BCUT2D eigenvalue weighted by molar-refractivity contribution is 0.512. The molecule has 0 aliphatic carbocycles. The molecule has 2 heterocycles. The van der Waals surface area contributed by atoms with E-state index in [2.05, 4.69) is 20.8 Å². The SMILES string of the molecule is CCC1(Nc2ccccc2)Nc2nncn2-c2cc(N)c(F)cc21. The van der Waals surface area contributed by atoms with Gasteiger partial charge in [-0.25, -0.2) is 4.39 Å². The third-order valence-corrected chi connectivity index (χ3v) is 4.37. The van der Waals surface area contributed by atoms with Crippen molar-refractivity contribution in [2.75, 3.05) is 16.4 Å². The molecule has 1 aromatic heterocycles. The number of nitrogens with two attached hydrogens (primary N) is 1. The van der Waals surface area contributed by atoms with Gasteiger partial charge in [0.1, 0.15) is 17.8 Å². The summed E-state index contributed by atoms with van der Waals surface area (Å²) in [5.41, 5.74) is 7.60. The van der Waals surface area contributed by atoms with E-state index in [9.17, 15) is 4.39 Å². The summed E-state index contributed by atoms with van der Waals surface area (Å²) in [6.07, 6.45) is 2.24. The summed E-state index contributed by atoms with van der Waals surface area (Å²) in [6, 6.07) is 12.9. The Morgan fingerprint density at radius 2 is 2.08 bits per heavy atom. The molecule has 6 nitrogen and oxygen atoms in total. The standard InChI is InChI=1S/C17H17FN6/c1-2-17(21-11-6-4-3-5-7-11)12-8-13(18)14(19)9-15(12)24-10-20-23-16(24)22-17/h3-10,21H,2,19H2,1H3,(H,22,23). The number of benzene rings is 2. The van der Waals surface area contributed by atoms with Gasteiger partial charge in [-0.05, 0) is 30.7 Å². The van der Waals surface area contributed by atoms with Gasteiger partial charge < -0.3 is 16.4 Å². The van der Waals surface area contributed by atoms with Gasteiger partial charge in [-0.3, -0.25) is 4.57 Å². The molecule has 0 saturated carbocycles. The molecule has 0 spiro atoms. The first-order valence-electron chi connectivity index (χ1n) is 7.74. The van der Waals surface area contributed by atoms with Gasteiger partial charge in [-0.2, -0.15) is 0 Å². The van der Waals surface area contributed by atoms with Crippen LogP contribution in [0.5, 0.6) is 0 Å². The molecule has 3 aromatic rings. The van der Waals surface area contributed by atoms with Gasteiger partial charge in [-0.15, -0.1) is 10.2 Å². The van der Waals surface area contributed by atoms with Crippen LogP contribution in [0.2, 0.25) is 0 Å². The Labute approximate surface area is 138 Å². The van der Waals surface area contributed by atoms with E-state index >= 15 is 0 Å². The number of rotatable bonds is 3. The monoisotopic (exact) mass is 324 g/mol. The number of nitrogens with one attached hydrogen (secondary N) is 2. The van der Waals surface area contributed by atoms with Crippen molar-refractivity contribution in [3.63, 3.8) is 0 Å². The number of para-hydroxylation sites is 1. The molecule has 0 fully saturated rings. The Balaban J connectivity index is 1.92. The van der Waals surface area contributed by atoms with E-state index in [1.165, 1.54) is 6.07 Å². The van der Waals surface area contributed by atoms with Crippen LogP contribution in [-0.4, -0.2) is 14.8 Å². The lowest BCUT2D eigenvalue weighted by Gasteiger charge is -2.41. The Morgan fingerprint density at radius 1 is 1.29 bits per heavy atom. The van der Waals surface area contributed by atoms with E-state index in [1.807, 2.05) is 37.3 Å². The van der Waals surface area contributed by atoms with Crippen LogP contribution in [0.1, 0.15) is 18.9 Å². The van der Waals surface area contributed by atoms with Crippen molar-refractivity contribution in [2.24, 2.45) is 0 Å². The highest BCUT2D eigenvalue weighted by molar-refractivity contribution is 5.65. The summed E-state index contributed by atoms with van der Waals surface area (Å²) in [6.45, 7) is 2.02. The molecule has 122 valence electrons. The van der Waals surface area contributed by atoms with Gasteiger partial charge in [0.15, 0.2) is 0 Å². The maximum Gasteiger partial charge on any atom is 0.231 e. The number of hydrogen-bond donors (Lipinski definition) is 3. The topological polar surface area (TPSA) is 80.8 Å². The second-order valence-corrected chi connectivity index (χ2v) is 5.79. The lowest BCUT2D eigenvalue weighted by Crippen LogP contribution is -2.46. The molecule has 0 saturated heterocycles. The van der Waals surface area contributed by atoms with Crippen LogP contribution < -0.4 is 16.4 Å². The third-order valence-electron chi connectivity index (χ3n) is 4.37. The Bertz CT molecular complexity index is 891. The molecule has 24 heavy (non-hydrogen) atoms. The Hall–Kier alpha value is -3.09. The minimum absolute atomic E-state index is 0.0972. The molecule has 1 aliphatic heterocycles. The van der Waals surface area contributed by atoms with Crippen LogP contribution in [-0.2, 0) is 5.66 Å². The van der Waals surface area contributed by atoms with E-state index in [0.717, 1.165) is 16.9 Å². The van der Waals surface area contributed by atoms with Crippen LogP contribution in [0.4, 0.5) is 21.7 Å². The number of nitrogen functional groups attached to an aromatic ring is 1. The largest absolute Gasteiger partial charge is 0.396 e. The van der Waals surface area contributed by atoms with Gasteiger partial charge in [0.2, 0.25) is 5.95 Å². The highest BCUT2D eigenvalue weighted by atomic mass is 19.1. The van der Waals surface area contributed by atoms with Crippen LogP contribution in [0, 0.1) is 5.82 Å². The average Bonchev–Trinajstić information content (AvgIpc) is 3.05. The fraction of sp³-hybridized carbons (Fsp3) is 0.176. The minimum atomic E-state index is -0.714. The summed E-state index contributed by atoms with van der Waals surface area (Å²) in [4.78, 5) is 0. The van der Waals surface area contributed by atoms with E-state index in [-0.39, 0.29) is 5.69 Å². The first kappa shape index (κ1) is 14.5. The molecule has 0 bridgehead atoms. The first-order chi connectivity index (χ1) is 11.6. The van der Waals surface area contributed by atoms with E-state index in [1.54, 1.807) is 17.0 Å². The lowest BCUT2D eigenvalue weighted by atomic mass is 9.92. The van der Waals surface area contributed by atoms with Gasteiger partial charge in [0.05, 0.1) is 11.4 Å². The Morgan fingerprint density at radius 3 is 2.83 bits per heavy atom. The molecular weight excluding hydrogens is 307 g/mol. The highest BCUT2D eigenvalue weighted by Crippen LogP contribution is 2.40. The molecule has 4 N–H and O–H groups in total. The zero-order chi connectivity index (χ0) is 16.7. The number of halogens is 1. The summed E-state index contributed by atoms with van der Waals surface area (Å²) in [5, 5.41) is 14.9. The van der Waals surface area contributed by atoms with Gasteiger partial charge in [0.25, 0.3) is 0 Å². The summed E-state index contributed by atoms with van der Waals surface area (Å²) in [5.74, 6) is 0.138. The van der Waals surface area contributed by atoms with Crippen LogP contribution in [0.25, 0.3) is 5.69 Å². The van der Waals surface area contributed by atoms with Crippen LogP contribution >= 0.6 is 0 Å². The first-order valence-corrected chi connectivity index (χ1v) is 7.74. The zero-order valence-electron chi connectivity index (χ0n) is 13.1. The number of nitrogens with zero attached hydrogens (tertiary/aromatic N) is 3. The summed E-state index contributed by atoms with van der Waals surface area (Å²) in [7, 11) is 0. The molecule has 0 amide bonds. The fourth-order valence-corrected chi connectivity index (χ4v) is 3.11. The smallest absolute Gasteiger partial charge is 0.231 e. The number of anilines is 3. The maximum absolute atomic E-state index is 14.2. The quantitative estimate of drug-likeness (QED) is 0.645. The van der Waals surface area contributed by atoms with E-state index < -0.39 is 11.5 Å². The molecule has 1 atom stereocenters. The van der Waals surface area contributed by atoms with E-state index in [0.29, 0.717) is 12.4 Å². The van der Waals surface area contributed by atoms with Gasteiger partial charge in [-0.1, -0.05) is 25.1 Å². The Kier molecular flexibility index (Phi) is 3.16. The van der Waals surface area contributed by atoms with Crippen molar-refractivity contribution < 1.29 is 4.39 Å². The van der Waals surface area contributed by atoms with Crippen LogP contribution in [0.15, 0.2) is 48.8 Å². The molecule has 7 heteroatoms. The number of aromatic nitrogens is 3. The molecule has 1 aliphatic rings. The zero-order valence-corrected chi connectivity index (χ0v) is 13.1. The number of fused-ring (bicyclic) bond motifs is 3. The molecule has 2 aromatic carbocycles. The van der Waals surface area contributed by atoms with Crippen molar-refractivity contribution in [1.82, 2.24) is 14.8 Å². The summed E-state index contributed by atoms with van der Waals surface area (Å²) < 4.78 is 16.0. The third kappa shape index (κ3) is 2.09. The summed E-state index contributed by atoms with van der Waals surface area (Å²) >= 11 is 0. The van der Waals surface area contributed by atoms with Gasteiger partial charge >= 0.3 is 0 Å². The molecule has 4 rings (SSSR count). The van der Waals surface area contributed by atoms with Crippen molar-refractivity contribution in [1.29, 1.82) is 0 Å². The molecular formula is C17H17FN6. The minimum Gasteiger partial charge on any atom is -0.396 e. The van der Waals surface area contributed by atoms with E-state index in [4.69, 9.17) is 5.73 Å². The van der Waals surface area contributed by atoms with Crippen molar-refractivity contribution in [3.8, 4) is 5.69 Å². The second-order valence-electron chi connectivity index (χ2n) is 5.79. The van der Waals surface area contributed by atoms with Crippen molar-refractivity contribution in [3.05, 3.63) is 60.2 Å². The molecule has 1 unspecified atom stereocenters. The predicted octanol–water partition coefficient (Wildman–Crippen LogP) is 3.09. The van der Waals surface area contributed by atoms with Crippen molar-refractivity contribution >= 4 is 17.3 Å². The second kappa shape index (κ2) is 5.23. The predicted molar refractivity (Wildman–Crippen MR) is 91.4 cm³/mol. The average molecular weight is 324 g/mol. The molecule has 0 radical (unpaired) electrons. The number of hydrogen-bond acceptors (Lipinski definition) is 5. The maximum atomic E-state index is 14.2. The normalized spacial score (nSPS) is 18.4. The van der Waals surface area contributed by atoms with Gasteiger partial charge in [0, 0.05) is 11.3 Å². The van der Waals surface area contributed by atoms with Crippen molar-refractivity contribution in [2.45, 2.75) is 19.0 Å². The fourth-order valence-electron chi connectivity index (χ4n) is 3.11.